The van der Waals surface area contributed by atoms with Crippen LogP contribution in [0.1, 0.15) is 35.3 Å². The molecule has 0 unspecified atom stereocenters. The maximum absolute atomic E-state index is 12.5. The van der Waals surface area contributed by atoms with Gasteiger partial charge in [-0.25, -0.2) is 4.98 Å². The lowest BCUT2D eigenvalue weighted by Gasteiger charge is -2.15. The highest BCUT2D eigenvalue weighted by Gasteiger charge is 2.12. The number of amides is 1. The summed E-state index contributed by atoms with van der Waals surface area (Å²) in [5.74, 6) is 1.05. The van der Waals surface area contributed by atoms with Gasteiger partial charge in [-0.3, -0.25) is 4.79 Å². The summed E-state index contributed by atoms with van der Waals surface area (Å²) in [4.78, 5) is 17.0. The van der Waals surface area contributed by atoms with Crippen molar-refractivity contribution in [1.29, 1.82) is 0 Å². The van der Waals surface area contributed by atoms with Crippen molar-refractivity contribution in [2.75, 3.05) is 17.7 Å². The van der Waals surface area contributed by atoms with Gasteiger partial charge in [-0.2, -0.15) is 0 Å². The van der Waals surface area contributed by atoms with Crippen LogP contribution in [-0.4, -0.2) is 18.0 Å². The molecule has 28 heavy (non-hydrogen) atoms. The topological polar surface area (TPSA) is 63.2 Å². The van der Waals surface area contributed by atoms with Gasteiger partial charge in [-0.05, 0) is 48.2 Å². The molecule has 2 aromatic carbocycles. The number of aryl methyl sites for hydroxylation is 2. The smallest absolute Gasteiger partial charge is 0.259 e. The Morgan fingerprint density at radius 1 is 0.964 bits per heavy atom. The second-order valence-electron chi connectivity index (χ2n) is 6.37. The Morgan fingerprint density at radius 3 is 2.29 bits per heavy atom. The second kappa shape index (κ2) is 9.04. The van der Waals surface area contributed by atoms with Crippen LogP contribution in [0.15, 0.2) is 60.8 Å². The quantitative estimate of drug-likeness (QED) is 0.595. The molecule has 0 saturated heterocycles. The Labute approximate surface area is 165 Å². The Hall–Kier alpha value is -3.34. The number of pyridine rings is 1. The predicted molar refractivity (Wildman–Crippen MR) is 114 cm³/mol. The van der Waals surface area contributed by atoms with E-state index in [1.54, 1.807) is 31.5 Å². The Morgan fingerprint density at radius 2 is 1.68 bits per heavy atom. The molecule has 3 aromatic rings. The first-order chi connectivity index (χ1) is 13.7. The van der Waals surface area contributed by atoms with Crippen molar-refractivity contribution >= 4 is 23.1 Å². The van der Waals surface area contributed by atoms with Crippen LogP contribution in [0.2, 0.25) is 0 Å². The zero-order chi connectivity index (χ0) is 19.9. The maximum atomic E-state index is 12.5. The van der Waals surface area contributed by atoms with Gasteiger partial charge in [0.05, 0.1) is 24.6 Å². The first-order valence-corrected chi connectivity index (χ1v) is 9.44. The van der Waals surface area contributed by atoms with Crippen molar-refractivity contribution in [2.45, 2.75) is 26.7 Å². The molecule has 1 heterocycles. The summed E-state index contributed by atoms with van der Waals surface area (Å²) < 4.78 is 5.25. The van der Waals surface area contributed by atoms with E-state index in [2.05, 4.69) is 47.7 Å². The van der Waals surface area contributed by atoms with Gasteiger partial charge in [0.1, 0.15) is 11.6 Å². The number of nitrogens with one attached hydrogen (secondary N) is 2. The van der Waals surface area contributed by atoms with Crippen molar-refractivity contribution in [3.63, 3.8) is 0 Å². The van der Waals surface area contributed by atoms with E-state index in [0.717, 1.165) is 24.3 Å². The SMILES string of the molecule is CCc1cccc(CC)c1Nc1ccc(NC(=O)c2ccccc2OC)cn1. The summed E-state index contributed by atoms with van der Waals surface area (Å²) in [5, 5.41) is 6.29. The fourth-order valence-electron chi connectivity index (χ4n) is 3.10. The molecule has 5 heteroatoms. The molecule has 0 fully saturated rings. The molecular weight excluding hydrogens is 350 g/mol. The largest absolute Gasteiger partial charge is 0.496 e. The van der Waals surface area contributed by atoms with Crippen molar-refractivity contribution in [2.24, 2.45) is 0 Å². The first kappa shape index (κ1) is 19.4. The van der Waals surface area contributed by atoms with Crippen LogP contribution in [0.4, 0.5) is 17.2 Å². The molecular formula is C23H25N3O2. The number of aromatic nitrogens is 1. The number of nitrogens with zero attached hydrogens (tertiary/aromatic N) is 1. The van der Waals surface area contributed by atoms with Gasteiger partial charge >= 0.3 is 0 Å². The average molecular weight is 375 g/mol. The van der Waals surface area contributed by atoms with Gasteiger partial charge in [0.2, 0.25) is 0 Å². The van der Waals surface area contributed by atoms with Crippen LogP contribution in [0, 0.1) is 0 Å². The van der Waals surface area contributed by atoms with E-state index < -0.39 is 0 Å². The molecule has 144 valence electrons. The summed E-state index contributed by atoms with van der Waals surface area (Å²) in [7, 11) is 1.55. The van der Waals surface area contributed by atoms with Gasteiger partial charge in [0.15, 0.2) is 0 Å². The number of carbonyl (C=O) groups excluding carboxylic acids is 1. The minimum Gasteiger partial charge on any atom is -0.496 e. The molecule has 0 atom stereocenters. The molecule has 3 rings (SSSR count). The zero-order valence-corrected chi connectivity index (χ0v) is 16.5. The number of ether oxygens (including phenoxy) is 1. The molecule has 0 spiro atoms. The van der Waals surface area contributed by atoms with E-state index in [-0.39, 0.29) is 5.91 Å². The number of benzene rings is 2. The Kier molecular flexibility index (Phi) is 6.27. The maximum Gasteiger partial charge on any atom is 0.259 e. The van der Waals surface area contributed by atoms with Crippen molar-refractivity contribution in [3.05, 3.63) is 77.5 Å². The highest BCUT2D eigenvalue weighted by atomic mass is 16.5. The third-order valence-electron chi connectivity index (χ3n) is 4.62. The first-order valence-electron chi connectivity index (χ1n) is 9.44. The summed E-state index contributed by atoms with van der Waals surface area (Å²) >= 11 is 0. The van der Waals surface area contributed by atoms with Crippen LogP contribution in [0.3, 0.4) is 0 Å². The minimum absolute atomic E-state index is 0.232. The molecule has 0 aliphatic carbocycles. The average Bonchev–Trinajstić information content (AvgIpc) is 2.75. The highest BCUT2D eigenvalue weighted by molar-refractivity contribution is 6.06. The van der Waals surface area contributed by atoms with E-state index in [4.69, 9.17) is 4.74 Å². The predicted octanol–water partition coefficient (Wildman–Crippen LogP) is 5.21. The molecule has 0 bridgehead atoms. The van der Waals surface area contributed by atoms with Crippen molar-refractivity contribution in [1.82, 2.24) is 4.98 Å². The second-order valence-corrected chi connectivity index (χ2v) is 6.37. The lowest BCUT2D eigenvalue weighted by atomic mass is 10.0. The molecule has 0 saturated carbocycles. The number of carbonyl (C=O) groups is 1. The normalized spacial score (nSPS) is 10.4. The molecule has 1 amide bonds. The van der Waals surface area contributed by atoms with Gasteiger partial charge in [-0.15, -0.1) is 0 Å². The fraction of sp³-hybridized carbons (Fsp3) is 0.217. The highest BCUT2D eigenvalue weighted by Crippen LogP contribution is 2.26. The number of hydrogen-bond acceptors (Lipinski definition) is 4. The van der Waals surface area contributed by atoms with Crippen molar-refractivity contribution in [3.8, 4) is 5.75 Å². The number of methoxy groups -OCH3 is 1. The number of hydrogen-bond donors (Lipinski definition) is 2. The van der Waals surface area contributed by atoms with Gasteiger partial charge in [0, 0.05) is 5.69 Å². The molecule has 0 aliphatic heterocycles. The molecule has 0 aliphatic rings. The van der Waals surface area contributed by atoms with Crippen LogP contribution in [0.25, 0.3) is 0 Å². The van der Waals surface area contributed by atoms with Crippen LogP contribution < -0.4 is 15.4 Å². The standard InChI is InChI=1S/C23H25N3O2/c1-4-16-9-8-10-17(5-2)22(16)26-21-14-13-18(15-24-21)25-23(27)19-11-6-7-12-20(19)28-3/h6-15H,4-5H2,1-3H3,(H,24,26)(H,25,27). The molecule has 5 nitrogen and oxygen atoms in total. The van der Waals surface area contributed by atoms with Crippen LogP contribution in [0.5, 0.6) is 5.75 Å². The molecule has 0 radical (unpaired) electrons. The van der Waals surface area contributed by atoms with E-state index in [9.17, 15) is 4.79 Å². The third-order valence-corrected chi connectivity index (χ3v) is 4.62. The van der Waals surface area contributed by atoms with E-state index in [0.29, 0.717) is 17.0 Å². The summed E-state index contributed by atoms with van der Waals surface area (Å²) in [6.07, 6.45) is 3.54. The van der Waals surface area contributed by atoms with E-state index in [1.165, 1.54) is 11.1 Å². The number of para-hydroxylation sites is 2. The number of rotatable bonds is 7. The van der Waals surface area contributed by atoms with E-state index in [1.807, 2.05) is 18.2 Å². The summed E-state index contributed by atoms with van der Waals surface area (Å²) in [5.41, 5.74) is 4.74. The zero-order valence-electron chi connectivity index (χ0n) is 16.5. The summed E-state index contributed by atoms with van der Waals surface area (Å²) in [6, 6.07) is 17.2. The third kappa shape index (κ3) is 4.31. The van der Waals surface area contributed by atoms with Gasteiger partial charge in [0.25, 0.3) is 5.91 Å². The van der Waals surface area contributed by atoms with E-state index >= 15 is 0 Å². The van der Waals surface area contributed by atoms with Gasteiger partial charge < -0.3 is 15.4 Å². The fourth-order valence-corrected chi connectivity index (χ4v) is 3.10. The van der Waals surface area contributed by atoms with Crippen LogP contribution >= 0.6 is 0 Å². The Bertz CT molecular complexity index is 930. The van der Waals surface area contributed by atoms with Crippen molar-refractivity contribution < 1.29 is 9.53 Å². The van der Waals surface area contributed by atoms with Crippen LogP contribution in [-0.2, 0) is 12.8 Å². The molecule has 1 aromatic heterocycles. The summed E-state index contributed by atoms with van der Waals surface area (Å²) in [6.45, 7) is 4.29. The monoisotopic (exact) mass is 375 g/mol. The number of anilines is 3. The lowest BCUT2D eigenvalue weighted by Crippen LogP contribution is -2.13. The van der Waals surface area contributed by atoms with Gasteiger partial charge in [-0.1, -0.05) is 44.2 Å². The minimum atomic E-state index is -0.232. The molecule has 2 N–H and O–H groups in total. The lowest BCUT2D eigenvalue weighted by molar-refractivity contribution is 0.102. The Balaban J connectivity index is 1.75.